The number of nitrogens with zero attached hydrogens (tertiary/aromatic N) is 2. The minimum Gasteiger partial charge on any atom is -0.348 e. The Morgan fingerprint density at radius 1 is 1.22 bits per heavy atom. The number of rotatable bonds is 3. The van der Waals surface area contributed by atoms with E-state index in [0.717, 1.165) is 5.69 Å². The molecule has 0 bridgehead atoms. The van der Waals surface area contributed by atoms with Crippen LogP contribution in [-0.4, -0.2) is 33.2 Å². The molecule has 1 fully saturated rings. The number of nitrogens with one attached hydrogen (secondary N) is 1. The molecule has 1 saturated heterocycles. The number of carbonyl (C=O) groups is 2. The van der Waals surface area contributed by atoms with E-state index in [2.05, 4.69) is 9.97 Å². The minimum atomic E-state index is -0.121. The van der Waals surface area contributed by atoms with Gasteiger partial charge in [-0.15, -0.1) is 0 Å². The number of allylic oxidation sites excluding steroid dienone is 2. The molecule has 0 spiro atoms. The predicted molar refractivity (Wildman–Crippen MR) is 64.4 cm³/mol. The van der Waals surface area contributed by atoms with Gasteiger partial charge in [-0.2, -0.15) is 0 Å². The Morgan fingerprint density at radius 3 is 2.44 bits per heavy atom. The molecule has 1 aromatic rings. The lowest BCUT2D eigenvalue weighted by Gasteiger charge is -2.14. The monoisotopic (exact) mass is 245 g/mol. The van der Waals surface area contributed by atoms with Crippen molar-refractivity contribution >= 4 is 11.8 Å². The molecule has 0 saturated carbocycles. The number of hydrogen-bond donors (Lipinski definition) is 1. The van der Waals surface area contributed by atoms with Crippen LogP contribution in [0.5, 0.6) is 0 Å². The normalized spacial score (nSPS) is 26.8. The fraction of sp³-hybridized carbons (Fsp3) is 0.462. The van der Waals surface area contributed by atoms with Crippen LogP contribution < -0.4 is 0 Å². The Balaban J connectivity index is 1.70. The van der Waals surface area contributed by atoms with Crippen LogP contribution in [-0.2, 0) is 16.0 Å². The standard InChI is InChI=1S/C13H15N3O2/c17-12-10-3-1-2-4-11(10)13(18)16(12)6-5-9-7-14-8-15-9/h1-2,7-8,10-11H,3-6H2,(H,14,15)/t10-,11+. The van der Waals surface area contributed by atoms with Crippen LogP contribution in [0.4, 0.5) is 0 Å². The van der Waals surface area contributed by atoms with E-state index in [1.165, 1.54) is 4.90 Å². The Hall–Kier alpha value is -1.91. The third-order valence-electron chi connectivity index (χ3n) is 3.76. The molecule has 1 aromatic heterocycles. The summed E-state index contributed by atoms with van der Waals surface area (Å²) in [4.78, 5) is 32.6. The van der Waals surface area contributed by atoms with E-state index in [0.29, 0.717) is 25.8 Å². The van der Waals surface area contributed by atoms with Crippen LogP contribution in [0.15, 0.2) is 24.7 Å². The number of imide groups is 1. The minimum absolute atomic E-state index is 0.00568. The van der Waals surface area contributed by atoms with Crippen molar-refractivity contribution in [3.05, 3.63) is 30.4 Å². The van der Waals surface area contributed by atoms with Gasteiger partial charge < -0.3 is 4.98 Å². The molecule has 2 amide bonds. The summed E-state index contributed by atoms with van der Waals surface area (Å²) in [6.45, 7) is 0.451. The summed E-state index contributed by atoms with van der Waals surface area (Å²) in [6, 6.07) is 0. The molecule has 0 radical (unpaired) electrons. The fourth-order valence-electron chi connectivity index (χ4n) is 2.74. The third-order valence-corrected chi connectivity index (χ3v) is 3.76. The van der Waals surface area contributed by atoms with Gasteiger partial charge in [-0.3, -0.25) is 14.5 Å². The number of H-pyrrole nitrogens is 1. The van der Waals surface area contributed by atoms with Crippen molar-refractivity contribution in [2.24, 2.45) is 11.8 Å². The van der Waals surface area contributed by atoms with E-state index in [9.17, 15) is 9.59 Å². The van der Waals surface area contributed by atoms with Gasteiger partial charge in [0.15, 0.2) is 0 Å². The van der Waals surface area contributed by atoms with Gasteiger partial charge in [0.05, 0.1) is 18.2 Å². The highest BCUT2D eigenvalue weighted by molar-refractivity contribution is 6.05. The predicted octanol–water partition coefficient (Wildman–Crippen LogP) is 0.903. The molecule has 18 heavy (non-hydrogen) atoms. The molecule has 5 nitrogen and oxygen atoms in total. The topological polar surface area (TPSA) is 66.1 Å². The maximum atomic E-state index is 12.2. The second kappa shape index (κ2) is 4.40. The quantitative estimate of drug-likeness (QED) is 0.635. The summed E-state index contributed by atoms with van der Waals surface area (Å²) in [6.07, 6.45) is 9.39. The van der Waals surface area contributed by atoms with Crippen LogP contribution in [0, 0.1) is 11.8 Å². The number of aromatic nitrogens is 2. The van der Waals surface area contributed by atoms with Crippen LogP contribution >= 0.6 is 0 Å². The number of imidazole rings is 1. The smallest absolute Gasteiger partial charge is 0.233 e. The molecular weight excluding hydrogens is 230 g/mol. The average Bonchev–Trinajstić information content (AvgIpc) is 2.98. The first kappa shape index (κ1) is 11.2. The van der Waals surface area contributed by atoms with Crippen LogP contribution in [0.1, 0.15) is 18.5 Å². The summed E-state index contributed by atoms with van der Waals surface area (Å²) in [7, 11) is 0. The van der Waals surface area contributed by atoms with Crippen molar-refractivity contribution in [2.75, 3.05) is 6.54 Å². The molecule has 94 valence electrons. The number of aromatic amines is 1. The van der Waals surface area contributed by atoms with E-state index < -0.39 is 0 Å². The molecular formula is C13H15N3O2. The summed E-state index contributed by atoms with van der Waals surface area (Å²) in [5.74, 6) is -0.253. The first-order chi connectivity index (χ1) is 8.77. The maximum Gasteiger partial charge on any atom is 0.233 e. The molecule has 5 heteroatoms. The van der Waals surface area contributed by atoms with Gasteiger partial charge in [0.1, 0.15) is 0 Å². The van der Waals surface area contributed by atoms with E-state index in [-0.39, 0.29) is 23.7 Å². The van der Waals surface area contributed by atoms with E-state index >= 15 is 0 Å². The first-order valence-electron chi connectivity index (χ1n) is 6.25. The highest BCUT2D eigenvalue weighted by Gasteiger charge is 2.46. The van der Waals surface area contributed by atoms with Gasteiger partial charge in [0.2, 0.25) is 11.8 Å². The highest BCUT2D eigenvalue weighted by atomic mass is 16.2. The Labute approximate surface area is 105 Å². The van der Waals surface area contributed by atoms with Gasteiger partial charge in [-0.25, -0.2) is 4.98 Å². The number of amides is 2. The molecule has 1 aliphatic heterocycles. The number of hydrogen-bond acceptors (Lipinski definition) is 3. The largest absolute Gasteiger partial charge is 0.348 e. The summed E-state index contributed by atoms with van der Waals surface area (Å²) >= 11 is 0. The van der Waals surface area contributed by atoms with Crippen LogP contribution in [0.3, 0.4) is 0 Å². The first-order valence-corrected chi connectivity index (χ1v) is 6.25. The second-order valence-corrected chi connectivity index (χ2v) is 4.81. The molecule has 0 unspecified atom stereocenters. The van der Waals surface area contributed by atoms with Crippen molar-refractivity contribution < 1.29 is 9.59 Å². The van der Waals surface area contributed by atoms with Crippen molar-refractivity contribution in [3.8, 4) is 0 Å². The molecule has 1 aliphatic carbocycles. The van der Waals surface area contributed by atoms with Crippen molar-refractivity contribution in [1.82, 2.24) is 14.9 Å². The zero-order valence-corrected chi connectivity index (χ0v) is 10.0. The van der Waals surface area contributed by atoms with Gasteiger partial charge in [-0.1, -0.05) is 12.2 Å². The van der Waals surface area contributed by atoms with E-state index in [4.69, 9.17) is 0 Å². The summed E-state index contributed by atoms with van der Waals surface area (Å²) in [5.41, 5.74) is 0.948. The second-order valence-electron chi connectivity index (χ2n) is 4.81. The van der Waals surface area contributed by atoms with Crippen LogP contribution in [0.2, 0.25) is 0 Å². The lowest BCUT2D eigenvalue weighted by molar-refractivity contribution is -0.139. The molecule has 0 aromatic carbocycles. The number of likely N-dealkylation sites (tertiary alicyclic amines) is 1. The lowest BCUT2D eigenvalue weighted by atomic mass is 9.85. The SMILES string of the molecule is O=C1[C@H]2CC=CC[C@H]2C(=O)N1CCc1cnc[nH]1. The third kappa shape index (κ3) is 1.75. The van der Waals surface area contributed by atoms with E-state index in [1.807, 2.05) is 12.2 Å². The number of carbonyl (C=O) groups excluding carboxylic acids is 2. The van der Waals surface area contributed by atoms with Gasteiger partial charge in [0, 0.05) is 24.9 Å². The van der Waals surface area contributed by atoms with Gasteiger partial charge >= 0.3 is 0 Å². The molecule has 2 aliphatic rings. The summed E-state index contributed by atoms with van der Waals surface area (Å²) < 4.78 is 0. The Morgan fingerprint density at radius 2 is 1.89 bits per heavy atom. The molecule has 2 atom stereocenters. The summed E-state index contributed by atoms with van der Waals surface area (Å²) in [5, 5.41) is 0. The molecule has 3 rings (SSSR count). The fourth-order valence-corrected chi connectivity index (χ4v) is 2.74. The molecule has 1 N–H and O–H groups in total. The van der Waals surface area contributed by atoms with E-state index in [1.54, 1.807) is 12.5 Å². The van der Waals surface area contributed by atoms with Gasteiger partial charge in [-0.05, 0) is 12.8 Å². The average molecular weight is 245 g/mol. The van der Waals surface area contributed by atoms with Crippen molar-refractivity contribution in [2.45, 2.75) is 19.3 Å². The zero-order valence-electron chi connectivity index (χ0n) is 10.0. The highest BCUT2D eigenvalue weighted by Crippen LogP contribution is 2.34. The Bertz CT molecular complexity index is 466. The maximum absolute atomic E-state index is 12.2. The lowest BCUT2D eigenvalue weighted by Crippen LogP contribution is -2.33. The van der Waals surface area contributed by atoms with Crippen molar-refractivity contribution in [3.63, 3.8) is 0 Å². The number of fused-ring (bicyclic) bond motifs is 1. The van der Waals surface area contributed by atoms with Gasteiger partial charge in [0.25, 0.3) is 0 Å². The van der Waals surface area contributed by atoms with Crippen LogP contribution in [0.25, 0.3) is 0 Å². The molecule has 2 heterocycles. The van der Waals surface area contributed by atoms with Crippen molar-refractivity contribution in [1.29, 1.82) is 0 Å². The zero-order chi connectivity index (χ0) is 12.5. The Kier molecular flexibility index (Phi) is 2.74.